The Labute approximate surface area is 107 Å². The Balaban J connectivity index is 2.46. The van der Waals surface area contributed by atoms with Crippen molar-refractivity contribution < 1.29 is 5.11 Å². The zero-order chi connectivity index (χ0) is 12.6. The minimum Gasteiger partial charge on any atom is -0.508 e. The lowest BCUT2D eigenvalue weighted by molar-refractivity contribution is 0.475. The number of rotatable bonds is 1. The zero-order valence-corrected chi connectivity index (χ0v) is 11.6. The largest absolute Gasteiger partial charge is 0.508 e. The molecule has 2 heteroatoms. The van der Waals surface area contributed by atoms with E-state index in [1.165, 1.54) is 20.9 Å². The monoisotopic (exact) mass is 246 g/mol. The molecule has 0 amide bonds. The van der Waals surface area contributed by atoms with Gasteiger partial charge in [-0.2, -0.15) is 0 Å². The molecule has 0 bridgehead atoms. The molecular weight excluding hydrogens is 228 g/mol. The van der Waals surface area contributed by atoms with Gasteiger partial charge in [0.2, 0.25) is 0 Å². The first-order chi connectivity index (χ1) is 7.88. The molecule has 0 aliphatic rings. The van der Waals surface area contributed by atoms with Crippen molar-refractivity contribution in [2.75, 3.05) is 0 Å². The minimum absolute atomic E-state index is 0.199. The summed E-state index contributed by atoms with van der Waals surface area (Å²) in [6.45, 7) is 8.86. The second kappa shape index (κ2) is 4.19. The van der Waals surface area contributed by atoms with Crippen LogP contribution in [0.1, 0.15) is 30.5 Å². The molecular formula is C15H18OS. The van der Waals surface area contributed by atoms with Crippen LogP contribution in [-0.4, -0.2) is 5.11 Å². The van der Waals surface area contributed by atoms with Crippen LogP contribution in [0.5, 0.6) is 5.75 Å². The highest BCUT2D eigenvalue weighted by molar-refractivity contribution is 7.12. The van der Waals surface area contributed by atoms with Crippen molar-refractivity contribution in [2.45, 2.75) is 33.1 Å². The molecule has 0 unspecified atom stereocenters. The second-order valence-corrected chi connectivity index (χ2v) is 6.63. The summed E-state index contributed by atoms with van der Waals surface area (Å²) in [7, 11) is 0. The van der Waals surface area contributed by atoms with Crippen molar-refractivity contribution in [1.82, 2.24) is 0 Å². The Kier molecular flexibility index (Phi) is 3.00. The van der Waals surface area contributed by atoms with Gasteiger partial charge in [0.15, 0.2) is 0 Å². The molecule has 1 aromatic heterocycles. The summed E-state index contributed by atoms with van der Waals surface area (Å²) in [4.78, 5) is 2.73. The van der Waals surface area contributed by atoms with Gasteiger partial charge in [0, 0.05) is 9.75 Å². The molecule has 0 saturated carbocycles. The van der Waals surface area contributed by atoms with Gasteiger partial charge in [0.05, 0.1) is 0 Å². The van der Waals surface area contributed by atoms with E-state index in [1.807, 2.05) is 23.5 Å². The summed E-state index contributed by atoms with van der Waals surface area (Å²) >= 11 is 1.86. The number of thiophene rings is 1. The number of hydrogen-bond acceptors (Lipinski definition) is 2. The second-order valence-electron chi connectivity index (χ2n) is 5.38. The van der Waals surface area contributed by atoms with E-state index in [9.17, 15) is 5.11 Å². The van der Waals surface area contributed by atoms with Crippen molar-refractivity contribution in [3.63, 3.8) is 0 Å². The standard InChI is InChI=1S/C15H18OS/c1-10-13(9-14(17-10)15(2,3)4)11-5-7-12(16)8-6-11/h5-9,16H,1-4H3. The molecule has 1 nitrogen and oxygen atoms in total. The number of phenols is 1. The van der Waals surface area contributed by atoms with E-state index in [0.29, 0.717) is 5.75 Å². The van der Waals surface area contributed by atoms with E-state index < -0.39 is 0 Å². The predicted molar refractivity (Wildman–Crippen MR) is 74.9 cm³/mol. The van der Waals surface area contributed by atoms with Crippen molar-refractivity contribution in [2.24, 2.45) is 0 Å². The van der Waals surface area contributed by atoms with Crippen LogP contribution < -0.4 is 0 Å². The Morgan fingerprint density at radius 3 is 2.12 bits per heavy atom. The Bertz CT molecular complexity index is 515. The average Bonchev–Trinajstić information content (AvgIpc) is 2.61. The molecule has 2 aromatic rings. The molecule has 1 heterocycles. The smallest absolute Gasteiger partial charge is 0.115 e. The molecule has 1 N–H and O–H groups in total. The molecule has 90 valence electrons. The molecule has 0 radical (unpaired) electrons. The third kappa shape index (κ3) is 2.52. The van der Waals surface area contributed by atoms with E-state index in [0.717, 1.165) is 0 Å². The SMILES string of the molecule is Cc1sc(C(C)(C)C)cc1-c1ccc(O)cc1. The van der Waals surface area contributed by atoms with Crippen LogP contribution in [0.3, 0.4) is 0 Å². The van der Waals surface area contributed by atoms with Gasteiger partial charge in [-0.1, -0.05) is 32.9 Å². The molecule has 0 spiro atoms. The molecule has 0 saturated heterocycles. The van der Waals surface area contributed by atoms with Crippen molar-refractivity contribution in [1.29, 1.82) is 0 Å². The van der Waals surface area contributed by atoms with Crippen LogP contribution in [0.2, 0.25) is 0 Å². The summed E-state index contributed by atoms with van der Waals surface area (Å²) in [5.74, 6) is 0.317. The lowest BCUT2D eigenvalue weighted by Gasteiger charge is -2.15. The van der Waals surface area contributed by atoms with Crippen LogP contribution in [0.25, 0.3) is 11.1 Å². The normalized spacial score (nSPS) is 11.8. The molecule has 0 aliphatic heterocycles. The van der Waals surface area contributed by atoms with Gasteiger partial charge >= 0.3 is 0 Å². The van der Waals surface area contributed by atoms with Crippen molar-refractivity contribution in [3.8, 4) is 16.9 Å². The van der Waals surface area contributed by atoms with E-state index in [4.69, 9.17) is 0 Å². The van der Waals surface area contributed by atoms with E-state index in [1.54, 1.807) is 12.1 Å². The number of benzene rings is 1. The molecule has 17 heavy (non-hydrogen) atoms. The maximum Gasteiger partial charge on any atom is 0.115 e. The van der Waals surface area contributed by atoms with Gasteiger partial charge < -0.3 is 5.11 Å². The maximum atomic E-state index is 9.31. The molecule has 0 fully saturated rings. The summed E-state index contributed by atoms with van der Waals surface area (Å²) in [5, 5.41) is 9.31. The maximum absolute atomic E-state index is 9.31. The summed E-state index contributed by atoms with van der Waals surface area (Å²) in [6, 6.07) is 9.69. The number of hydrogen-bond donors (Lipinski definition) is 1. The molecule has 0 aliphatic carbocycles. The predicted octanol–water partition coefficient (Wildman–Crippen LogP) is 4.73. The van der Waals surface area contributed by atoms with Gasteiger partial charge in [-0.15, -0.1) is 11.3 Å². The molecule has 2 rings (SSSR count). The van der Waals surface area contributed by atoms with Crippen molar-refractivity contribution in [3.05, 3.63) is 40.1 Å². The first-order valence-corrected chi connectivity index (χ1v) is 6.60. The molecule has 0 atom stereocenters. The number of aromatic hydroxyl groups is 1. The third-order valence-corrected chi connectivity index (χ3v) is 4.31. The van der Waals surface area contributed by atoms with Gasteiger partial charge in [-0.25, -0.2) is 0 Å². The Morgan fingerprint density at radius 2 is 1.65 bits per heavy atom. The third-order valence-electron chi connectivity index (χ3n) is 2.84. The fraction of sp³-hybridized carbons (Fsp3) is 0.333. The lowest BCUT2D eigenvalue weighted by atomic mass is 9.93. The van der Waals surface area contributed by atoms with Crippen LogP contribution in [0.4, 0.5) is 0 Å². The lowest BCUT2D eigenvalue weighted by Crippen LogP contribution is -2.07. The van der Waals surface area contributed by atoms with Crippen LogP contribution in [-0.2, 0) is 5.41 Å². The summed E-state index contributed by atoms with van der Waals surface area (Å²) < 4.78 is 0. The highest BCUT2D eigenvalue weighted by Crippen LogP contribution is 2.37. The average molecular weight is 246 g/mol. The fourth-order valence-corrected chi connectivity index (χ4v) is 2.88. The summed E-state index contributed by atoms with van der Waals surface area (Å²) in [5.41, 5.74) is 2.65. The van der Waals surface area contributed by atoms with E-state index >= 15 is 0 Å². The van der Waals surface area contributed by atoms with Gasteiger partial charge in [-0.3, -0.25) is 0 Å². The zero-order valence-electron chi connectivity index (χ0n) is 10.7. The van der Waals surface area contributed by atoms with Gasteiger partial charge in [0.25, 0.3) is 0 Å². The highest BCUT2D eigenvalue weighted by atomic mass is 32.1. The Morgan fingerprint density at radius 1 is 1.06 bits per heavy atom. The van der Waals surface area contributed by atoms with Crippen LogP contribution >= 0.6 is 11.3 Å². The number of phenolic OH excluding ortho intramolecular Hbond substituents is 1. The van der Waals surface area contributed by atoms with Crippen LogP contribution in [0, 0.1) is 6.92 Å². The summed E-state index contributed by atoms with van der Waals surface area (Å²) in [6.07, 6.45) is 0. The van der Waals surface area contributed by atoms with Crippen molar-refractivity contribution >= 4 is 11.3 Å². The topological polar surface area (TPSA) is 20.2 Å². The van der Waals surface area contributed by atoms with Crippen LogP contribution in [0.15, 0.2) is 30.3 Å². The van der Waals surface area contributed by atoms with E-state index in [-0.39, 0.29) is 5.41 Å². The number of aryl methyl sites for hydroxylation is 1. The highest BCUT2D eigenvalue weighted by Gasteiger charge is 2.18. The first kappa shape index (κ1) is 12.2. The van der Waals surface area contributed by atoms with E-state index in [2.05, 4.69) is 33.8 Å². The quantitative estimate of drug-likeness (QED) is 0.771. The fourth-order valence-electron chi connectivity index (χ4n) is 1.78. The van der Waals surface area contributed by atoms with Gasteiger partial charge in [0.1, 0.15) is 5.75 Å². The Hall–Kier alpha value is -1.28. The molecule has 1 aromatic carbocycles. The minimum atomic E-state index is 0.199. The van der Waals surface area contributed by atoms with Gasteiger partial charge in [-0.05, 0) is 41.7 Å². The first-order valence-electron chi connectivity index (χ1n) is 5.78.